The SMILES string of the molecule is O=C(C1CCCCC1)N1c2ccccc2CCC1CC1(N2CCNCC2)C=C(Cl)C=CC1Cl. The minimum atomic E-state index is -0.391. The van der Waals surface area contributed by atoms with Crippen LogP contribution in [-0.2, 0) is 11.2 Å². The Balaban J connectivity index is 1.51. The average molecular weight is 489 g/mol. The molecule has 1 saturated carbocycles. The van der Waals surface area contributed by atoms with E-state index in [0.29, 0.717) is 5.91 Å². The van der Waals surface area contributed by atoms with E-state index in [4.69, 9.17) is 23.2 Å². The van der Waals surface area contributed by atoms with Crippen molar-refractivity contribution >= 4 is 34.8 Å². The molecule has 1 aromatic rings. The largest absolute Gasteiger partial charge is 0.314 e. The first-order valence-corrected chi connectivity index (χ1v) is 13.5. The van der Waals surface area contributed by atoms with Crippen molar-refractivity contribution in [1.29, 1.82) is 0 Å². The summed E-state index contributed by atoms with van der Waals surface area (Å²) in [6.45, 7) is 3.74. The fraction of sp³-hybridized carbons (Fsp3) is 0.593. The number of nitrogens with one attached hydrogen (secondary N) is 1. The van der Waals surface area contributed by atoms with Crippen LogP contribution in [0.25, 0.3) is 0 Å². The highest BCUT2D eigenvalue weighted by Crippen LogP contribution is 2.43. The summed E-state index contributed by atoms with van der Waals surface area (Å²) in [5.74, 6) is 0.453. The molecule has 5 rings (SSSR count). The van der Waals surface area contributed by atoms with E-state index in [9.17, 15) is 4.79 Å². The summed E-state index contributed by atoms with van der Waals surface area (Å²) in [4.78, 5) is 18.7. The number of para-hydroxylation sites is 1. The zero-order valence-corrected chi connectivity index (χ0v) is 20.8. The third kappa shape index (κ3) is 4.65. The highest BCUT2D eigenvalue weighted by Gasteiger charge is 2.47. The van der Waals surface area contributed by atoms with Crippen LogP contribution in [0, 0.1) is 5.92 Å². The summed E-state index contributed by atoms with van der Waals surface area (Å²) < 4.78 is 0. The topological polar surface area (TPSA) is 35.6 Å². The Bertz CT molecular complexity index is 920. The number of carbonyl (C=O) groups is 1. The van der Waals surface area contributed by atoms with E-state index >= 15 is 0 Å². The van der Waals surface area contributed by atoms with Gasteiger partial charge in [-0.2, -0.15) is 0 Å². The summed E-state index contributed by atoms with van der Waals surface area (Å²) in [5, 5.41) is 4.03. The predicted octanol–water partition coefficient (Wildman–Crippen LogP) is 5.25. The molecule has 0 bridgehead atoms. The van der Waals surface area contributed by atoms with Crippen molar-refractivity contribution < 1.29 is 4.79 Å². The summed E-state index contributed by atoms with van der Waals surface area (Å²) in [6, 6.07) is 8.59. The molecule has 0 radical (unpaired) electrons. The standard InChI is InChI=1S/C27H35Cl2N3O/c28-22-11-13-25(29)27(18-22,31-16-14-30-15-17-31)19-23-12-10-20-6-4-5-9-24(20)32(23)26(33)21-7-2-1-3-8-21/h4-6,9,11,13,18,21,23,25,30H,1-3,7-8,10,12,14-17,19H2. The maximum Gasteiger partial charge on any atom is 0.230 e. The van der Waals surface area contributed by atoms with E-state index in [2.05, 4.69) is 45.5 Å². The Morgan fingerprint density at radius 2 is 1.85 bits per heavy atom. The lowest BCUT2D eigenvalue weighted by Gasteiger charge is -2.51. The molecule has 178 valence electrons. The van der Waals surface area contributed by atoms with Gasteiger partial charge in [-0.25, -0.2) is 0 Å². The molecule has 2 heterocycles. The smallest absolute Gasteiger partial charge is 0.230 e. The second-order valence-corrected chi connectivity index (χ2v) is 11.0. The monoisotopic (exact) mass is 487 g/mol. The van der Waals surface area contributed by atoms with Gasteiger partial charge in [-0.3, -0.25) is 9.69 Å². The van der Waals surface area contributed by atoms with Gasteiger partial charge in [0.25, 0.3) is 0 Å². The Labute approximate surface area is 208 Å². The second-order valence-electron chi connectivity index (χ2n) is 10.1. The van der Waals surface area contributed by atoms with Crippen molar-refractivity contribution in [3.63, 3.8) is 0 Å². The third-order valence-electron chi connectivity index (χ3n) is 8.11. The van der Waals surface area contributed by atoms with Crippen molar-refractivity contribution in [2.24, 2.45) is 5.92 Å². The minimum Gasteiger partial charge on any atom is -0.314 e. The normalized spacial score (nSPS) is 31.2. The number of nitrogens with zero attached hydrogens (tertiary/aromatic N) is 2. The summed E-state index contributed by atoms with van der Waals surface area (Å²) in [7, 11) is 0. The molecule has 2 fully saturated rings. The van der Waals surface area contributed by atoms with Crippen molar-refractivity contribution in [2.45, 2.75) is 68.3 Å². The molecule has 4 aliphatic rings. The summed E-state index contributed by atoms with van der Waals surface area (Å²) in [5.41, 5.74) is 2.00. The Morgan fingerprint density at radius 3 is 2.64 bits per heavy atom. The van der Waals surface area contributed by atoms with Crippen LogP contribution in [0.4, 0.5) is 5.69 Å². The number of hydrogen-bond donors (Lipinski definition) is 1. The summed E-state index contributed by atoms with van der Waals surface area (Å²) >= 11 is 13.7. The number of piperazine rings is 1. The lowest BCUT2D eigenvalue weighted by Crippen LogP contribution is -2.62. The number of anilines is 1. The van der Waals surface area contributed by atoms with Crippen molar-refractivity contribution in [1.82, 2.24) is 10.2 Å². The number of benzene rings is 1. The van der Waals surface area contributed by atoms with E-state index in [0.717, 1.165) is 81.8 Å². The first-order valence-electron chi connectivity index (χ1n) is 12.7. The van der Waals surface area contributed by atoms with Gasteiger partial charge in [0.2, 0.25) is 5.91 Å². The number of aryl methyl sites for hydroxylation is 1. The molecule has 6 heteroatoms. The van der Waals surface area contributed by atoms with Crippen LogP contribution in [0.1, 0.15) is 50.5 Å². The van der Waals surface area contributed by atoms with Crippen LogP contribution in [-0.4, -0.2) is 53.9 Å². The first kappa shape index (κ1) is 23.4. The summed E-state index contributed by atoms with van der Waals surface area (Å²) in [6.07, 6.45) is 14.5. The van der Waals surface area contributed by atoms with Crippen molar-refractivity contribution in [3.05, 3.63) is 53.1 Å². The maximum absolute atomic E-state index is 14.0. The van der Waals surface area contributed by atoms with Gasteiger partial charge in [-0.05, 0) is 55.9 Å². The van der Waals surface area contributed by atoms with Crippen LogP contribution >= 0.6 is 23.2 Å². The Morgan fingerprint density at radius 1 is 1.09 bits per heavy atom. The van der Waals surface area contributed by atoms with Crippen molar-refractivity contribution in [3.8, 4) is 0 Å². The van der Waals surface area contributed by atoms with Gasteiger partial charge < -0.3 is 10.2 Å². The van der Waals surface area contributed by atoms with Gasteiger partial charge in [0, 0.05) is 48.9 Å². The van der Waals surface area contributed by atoms with Gasteiger partial charge in [0.05, 0.1) is 10.9 Å². The zero-order valence-electron chi connectivity index (χ0n) is 19.3. The van der Waals surface area contributed by atoms with Crippen LogP contribution in [0.2, 0.25) is 0 Å². The van der Waals surface area contributed by atoms with Gasteiger partial charge in [-0.15, -0.1) is 11.6 Å². The molecular weight excluding hydrogens is 453 g/mol. The Hall–Kier alpha value is -1.33. The molecule has 0 spiro atoms. The van der Waals surface area contributed by atoms with E-state index < -0.39 is 5.54 Å². The van der Waals surface area contributed by atoms with Crippen LogP contribution < -0.4 is 10.2 Å². The Kier molecular flexibility index (Phi) is 7.18. The van der Waals surface area contributed by atoms with Crippen LogP contribution in [0.5, 0.6) is 0 Å². The number of rotatable bonds is 4. The molecule has 1 saturated heterocycles. The number of hydrogen-bond acceptors (Lipinski definition) is 3. The number of halogens is 2. The lowest BCUT2D eigenvalue weighted by molar-refractivity contribution is -0.124. The number of amides is 1. The second kappa shape index (κ2) is 10.1. The van der Waals surface area contributed by atoms with Crippen LogP contribution in [0.3, 0.4) is 0 Å². The fourth-order valence-corrected chi connectivity index (χ4v) is 7.00. The maximum atomic E-state index is 14.0. The highest BCUT2D eigenvalue weighted by molar-refractivity contribution is 6.32. The van der Waals surface area contributed by atoms with Gasteiger partial charge in [-0.1, -0.05) is 55.1 Å². The third-order valence-corrected chi connectivity index (χ3v) is 8.87. The molecule has 0 aromatic heterocycles. The van der Waals surface area contributed by atoms with E-state index in [1.165, 1.54) is 12.0 Å². The number of alkyl halides is 1. The molecule has 1 aromatic carbocycles. The fourth-order valence-electron chi connectivity index (χ4n) is 6.38. The minimum absolute atomic E-state index is 0.109. The molecule has 1 N–H and O–H groups in total. The quantitative estimate of drug-likeness (QED) is 0.589. The molecule has 1 amide bonds. The van der Waals surface area contributed by atoms with Crippen LogP contribution in [0.15, 0.2) is 47.5 Å². The zero-order chi connectivity index (χ0) is 22.8. The molecular formula is C27H35Cl2N3O. The predicted molar refractivity (Wildman–Crippen MR) is 137 cm³/mol. The molecule has 2 aliphatic heterocycles. The lowest BCUT2D eigenvalue weighted by atomic mass is 9.78. The van der Waals surface area contributed by atoms with E-state index in [-0.39, 0.29) is 17.3 Å². The first-order chi connectivity index (χ1) is 16.1. The molecule has 33 heavy (non-hydrogen) atoms. The van der Waals surface area contributed by atoms with Gasteiger partial charge in [0.1, 0.15) is 0 Å². The van der Waals surface area contributed by atoms with E-state index in [1.807, 2.05) is 12.2 Å². The molecule has 3 atom stereocenters. The van der Waals surface area contributed by atoms with Gasteiger partial charge in [0.15, 0.2) is 0 Å². The molecule has 4 nitrogen and oxygen atoms in total. The van der Waals surface area contributed by atoms with E-state index in [1.54, 1.807) is 0 Å². The number of allylic oxidation sites excluding steroid dienone is 2. The van der Waals surface area contributed by atoms with Gasteiger partial charge >= 0.3 is 0 Å². The average Bonchev–Trinajstić information content (AvgIpc) is 2.87. The number of fused-ring (bicyclic) bond motifs is 1. The highest BCUT2D eigenvalue weighted by atomic mass is 35.5. The number of carbonyl (C=O) groups excluding carboxylic acids is 1. The molecule has 2 aliphatic carbocycles. The van der Waals surface area contributed by atoms with Crippen molar-refractivity contribution in [2.75, 3.05) is 31.1 Å². The molecule has 3 unspecified atom stereocenters.